The van der Waals surface area contributed by atoms with Crippen molar-refractivity contribution < 1.29 is 13.2 Å². The van der Waals surface area contributed by atoms with Crippen LogP contribution in [0.25, 0.3) is 0 Å². The second-order valence-corrected chi connectivity index (χ2v) is 5.49. The van der Waals surface area contributed by atoms with E-state index in [1.54, 1.807) is 6.20 Å². The monoisotopic (exact) mass is 322 g/mol. The Labute approximate surface area is 132 Å². The Hall–Kier alpha value is -2.31. The van der Waals surface area contributed by atoms with Crippen molar-refractivity contribution in [3.63, 3.8) is 0 Å². The molecule has 0 aliphatic carbocycles. The molecule has 2 heterocycles. The average Bonchev–Trinajstić information content (AvgIpc) is 2.56. The van der Waals surface area contributed by atoms with E-state index in [9.17, 15) is 13.2 Å². The van der Waals surface area contributed by atoms with E-state index in [2.05, 4.69) is 20.2 Å². The molecular weight excluding hydrogens is 305 g/mol. The Balaban J connectivity index is 1.72. The molecule has 3 rings (SSSR count). The zero-order chi connectivity index (χ0) is 16.3. The fourth-order valence-electron chi connectivity index (χ4n) is 2.58. The lowest BCUT2D eigenvalue weighted by atomic mass is 10.1. The van der Waals surface area contributed by atoms with Gasteiger partial charge in [-0.1, -0.05) is 0 Å². The smallest absolute Gasteiger partial charge is 0.356 e. The molecule has 1 aromatic carbocycles. The number of anilines is 3. The molecule has 0 amide bonds. The molecule has 7 heteroatoms. The first-order valence-electron chi connectivity index (χ1n) is 7.55. The van der Waals surface area contributed by atoms with Crippen LogP contribution in [-0.2, 0) is 6.18 Å². The normalized spacial score (nSPS) is 15.5. The summed E-state index contributed by atoms with van der Waals surface area (Å²) in [4.78, 5) is 10.8. The van der Waals surface area contributed by atoms with Gasteiger partial charge in [0, 0.05) is 25.0 Å². The number of alkyl halides is 3. The summed E-state index contributed by atoms with van der Waals surface area (Å²) in [6.45, 7) is 1.94. The molecule has 1 N–H and O–H groups in total. The van der Waals surface area contributed by atoms with E-state index in [4.69, 9.17) is 0 Å². The van der Waals surface area contributed by atoms with E-state index in [-0.39, 0.29) is 0 Å². The summed E-state index contributed by atoms with van der Waals surface area (Å²) >= 11 is 0. The first-order chi connectivity index (χ1) is 11.0. The molecule has 0 atom stereocenters. The van der Waals surface area contributed by atoms with E-state index in [0.29, 0.717) is 11.6 Å². The van der Waals surface area contributed by atoms with Crippen LogP contribution in [0.3, 0.4) is 0 Å². The summed E-state index contributed by atoms with van der Waals surface area (Å²) < 4.78 is 37.7. The maximum absolute atomic E-state index is 12.6. The van der Waals surface area contributed by atoms with Gasteiger partial charge in [0.2, 0.25) is 5.95 Å². The van der Waals surface area contributed by atoms with Crippen LogP contribution in [0, 0.1) is 0 Å². The number of nitrogens with zero attached hydrogens (tertiary/aromatic N) is 3. The quantitative estimate of drug-likeness (QED) is 0.918. The molecule has 0 saturated carbocycles. The lowest BCUT2D eigenvalue weighted by Crippen LogP contribution is -2.30. The minimum absolute atomic E-state index is 0.382. The van der Waals surface area contributed by atoms with Gasteiger partial charge in [0.15, 0.2) is 0 Å². The highest BCUT2D eigenvalue weighted by atomic mass is 19.4. The number of nitrogens with one attached hydrogen (secondary N) is 1. The summed E-state index contributed by atoms with van der Waals surface area (Å²) in [6, 6.07) is 6.68. The summed E-state index contributed by atoms with van der Waals surface area (Å²) in [6.07, 6.45) is 0.849. The zero-order valence-electron chi connectivity index (χ0n) is 12.5. The maximum Gasteiger partial charge on any atom is 0.416 e. The van der Waals surface area contributed by atoms with Crippen molar-refractivity contribution in [3.05, 3.63) is 42.1 Å². The Morgan fingerprint density at radius 3 is 2.30 bits per heavy atom. The second kappa shape index (κ2) is 6.44. The lowest BCUT2D eigenvalue weighted by molar-refractivity contribution is -0.137. The van der Waals surface area contributed by atoms with Crippen LogP contribution in [0.2, 0.25) is 0 Å². The molecule has 0 bridgehead atoms. The molecule has 0 spiro atoms. The predicted molar refractivity (Wildman–Crippen MR) is 82.8 cm³/mol. The van der Waals surface area contributed by atoms with Crippen LogP contribution >= 0.6 is 0 Å². The van der Waals surface area contributed by atoms with Crippen molar-refractivity contribution in [1.82, 2.24) is 9.97 Å². The Morgan fingerprint density at radius 1 is 0.957 bits per heavy atom. The topological polar surface area (TPSA) is 41.1 Å². The summed E-state index contributed by atoms with van der Waals surface area (Å²) in [7, 11) is 0. The van der Waals surface area contributed by atoms with E-state index < -0.39 is 11.7 Å². The molecule has 1 aliphatic rings. The third kappa shape index (κ3) is 3.91. The van der Waals surface area contributed by atoms with Gasteiger partial charge in [-0.25, -0.2) is 4.98 Å². The van der Waals surface area contributed by atoms with E-state index >= 15 is 0 Å². The standard InChI is InChI=1S/C16H17F3N4/c17-16(18,19)12-4-6-13(7-5-12)21-15-20-9-8-14(22-15)23-10-2-1-3-11-23/h4-9H,1-3,10-11H2,(H,20,21,22). The van der Waals surface area contributed by atoms with Crippen molar-refractivity contribution in [2.75, 3.05) is 23.3 Å². The van der Waals surface area contributed by atoms with Gasteiger partial charge in [-0.05, 0) is 49.6 Å². The van der Waals surface area contributed by atoms with Gasteiger partial charge in [0.05, 0.1) is 5.56 Å². The average molecular weight is 322 g/mol. The SMILES string of the molecule is FC(F)(F)c1ccc(Nc2nccc(N3CCCCC3)n2)cc1. The molecular formula is C16H17F3N4. The minimum atomic E-state index is -4.33. The lowest BCUT2D eigenvalue weighted by Gasteiger charge is -2.27. The van der Waals surface area contributed by atoms with Crippen LogP contribution in [0.5, 0.6) is 0 Å². The molecule has 1 aromatic heterocycles. The summed E-state index contributed by atoms with van der Waals surface area (Å²) in [5.41, 5.74) is -0.153. The molecule has 2 aromatic rings. The van der Waals surface area contributed by atoms with Crippen molar-refractivity contribution in [2.45, 2.75) is 25.4 Å². The first-order valence-corrected chi connectivity index (χ1v) is 7.55. The van der Waals surface area contributed by atoms with Crippen LogP contribution in [0.1, 0.15) is 24.8 Å². The van der Waals surface area contributed by atoms with Gasteiger partial charge in [-0.15, -0.1) is 0 Å². The molecule has 4 nitrogen and oxygen atoms in total. The second-order valence-electron chi connectivity index (χ2n) is 5.49. The number of rotatable bonds is 3. The number of aromatic nitrogens is 2. The van der Waals surface area contributed by atoms with Crippen LogP contribution < -0.4 is 10.2 Å². The maximum atomic E-state index is 12.6. The van der Waals surface area contributed by atoms with Crippen LogP contribution in [-0.4, -0.2) is 23.1 Å². The third-order valence-corrected chi connectivity index (χ3v) is 3.79. The fourth-order valence-corrected chi connectivity index (χ4v) is 2.58. The van der Waals surface area contributed by atoms with E-state index in [0.717, 1.165) is 43.9 Å². The predicted octanol–water partition coefficient (Wildman–Crippen LogP) is 4.23. The Kier molecular flexibility index (Phi) is 4.36. The highest BCUT2D eigenvalue weighted by Crippen LogP contribution is 2.30. The molecule has 1 fully saturated rings. The number of hydrogen-bond donors (Lipinski definition) is 1. The summed E-state index contributed by atoms with van der Waals surface area (Å²) in [5, 5.41) is 2.95. The van der Waals surface area contributed by atoms with E-state index in [1.165, 1.54) is 18.6 Å². The minimum Gasteiger partial charge on any atom is -0.356 e. The van der Waals surface area contributed by atoms with Crippen LogP contribution in [0.15, 0.2) is 36.5 Å². The fraction of sp³-hybridized carbons (Fsp3) is 0.375. The van der Waals surface area contributed by atoms with Crippen molar-refractivity contribution in [3.8, 4) is 0 Å². The number of hydrogen-bond acceptors (Lipinski definition) is 4. The molecule has 1 aliphatic heterocycles. The van der Waals surface area contributed by atoms with Crippen molar-refractivity contribution in [1.29, 1.82) is 0 Å². The molecule has 23 heavy (non-hydrogen) atoms. The van der Waals surface area contributed by atoms with Crippen molar-refractivity contribution in [2.24, 2.45) is 0 Å². The highest BCUT2D eigenvalue weighted by molar-refractivity contribution is 5.55. The number of piperidine rings is 1. The molecule has 0 unspecified atom stereocenters. The van der Waals surface area contributed by atoms with Gasteiger partial charge in [-0.3, -0.25) is 0 Å². The number of halogens is 3. The summed E-state index contributed by atoms with van der Waals surface area (Å²) in [5.74, 6) is 1.22. The molecule has 122 valence electrons. The molecule has 1 saturated heterocycles. The van der Waals surface area contributed by atoms with Gasteiger partial charge in [0.25, 0.3) is 0 Å². The van der Waals surface area contributed by atoms with Gasteiger partial charge in [-0.2, -0.15) is 18.2 Å². The van der Waals surface area contributed by atoms with Gasteiger partial charge < -0.3 is 10.2 Å². The Bertz CT molecular complexity index is 649. The third-order valence-electron chi connectivity index (χ3n) is 3.79. The van der Waals surface area contributed by atoms with E-state index in [1.807, 2.05) is 6.07 Å². The first kappa shape index (κ1) is 15.6. The van der Waals surface area contributed by atoms with Gasteiger partial charge >= 0.3 is 6.18 Å². The zero-order valence-corrected chi connectivity index (χ0v) is 12.5. The highest BCUT2D eigenvalue weighted by Gasteiger charge is 2.29. The number of benzene rings is 1. The van der Waals surface area contributed by atoms with Crippen LogP contribution in [0.4, 0.5) is 30.6 Å². The largest absolute Gasteiger partial charge is 0.416 e. The molecule has 0 radical (unpaired) electrons. The van der Waals surface area contributed by atoms with Gasteiger partial charge in [0.1, 0.15) is 5.82 Å². The Morgan fingerprint density at radius 2 is 1.65 bits per heavy atom. The van der Waals surface area contributed by atoms with Crippen molar-refractivity contribution >= 4 is 17.5 Å².